The van der Waals surface area contributed by atoms with Crippen LogP contribution in [-0.2, 0) is 21.4 Å². The molecule has 2 aromatic carbocycles. The molecule has 0 spiro atoms. The average molecular weight is 494 g/mol. The van der Waals surface area contributed by atoms with Crippen LogP contribution in [-0.4, -0.2) is 66.5 Å². The van der Waals surface area contributed by atoms with Gasteiger partial charge in [-0.3, -0.25) is 10.0 Å². The van der Waals surface area contributed by atoms with Crippen LogP contribution in [0.1, 0.15) is 31.2 Å². The molecule has 9 nitrogen and oxygen atoms in total. The molecule has 9 heteroatoms. The van der Waals surface area contributed by atoms with E-state index in [0.29, 0.717) is 22.3 Å². The smallest absolute Gasteiger partial charge is 0.343 e. The number of urea groups is 1. The largest absolute Gasteiger partial charge is 0.497 e. The molecule has 36 heavy (non-hydrogen) atoms. The van der Waals surface area contributed by atoms with Crippen LogP contribution in [0.25, 0.3) is 22.6 Å². The van der Waals surface area contributed by atoms with Crippen molar-refractivity contribution in [3.05, 3.63) is 60.0 Å². The fraction of sp³-hybridized carbons (Fsp3) is 0.370. The minimum Gasteiger partial charge on any atom is -0.497 e. The molecule has 0 atom stereocenters. The third-order valence-corrected chi connectivity index (χ3v) is 6.76. The number of hydroxylamine groups is 2. The van der Waals surface area contributed by atoms with E-state index in [9.17, 15) is 14.8 Å². The van der Waals surface area contributed by atoms with Crippen molar-refractivity contribution >= 4 is 12.0 Å². The number of aryl methyl sites for hydroxylation is 1. The summed E-state index contributed by atoms with van der Waals surface area (Å²) in [5.41, 5.74) is 2.29. The van der Waals surface area contributed by atoms with Gasteiger partial charge in [0.25, 0.3) is 0 Å². The van der Waals surface area contributed by atoms with Crippen molar-refractivity contribution < 1.29 is 28.7 Å². The Bertz CT molecular complexity index is 1140. The Morgan fingerprint density at radius 3 is 2.19 bits per heavy atom. The van der Waals surface area contributed by atoms with Gasteiger partial charge in [0.05, 0.1) is 14.2 Å². The van der Waals surface area contributed by atoms with Crippen LogP contribution >= 0.6 is 0 Å². The Labute approximate surface area is 210 Å². The lowest BCUT2D eigenvalue weighted by atomic mass is 9.78. The van der Waals surface area contributed by atoms with Crippen LogP contribution in [0.5, 0.6) is 5.75 Å². The molecule has 0 aliphatic carbocycles. The fourth-order valence-electron chi connectivity index (χ4n) is 4.54. The first-order chi connectivity index (χ1) is 17.3. The number of nitrogens with zero attached hydrogens (tertiary/aromatic N) is 3. The summed E-state index contributed by atoms with van der Waals surface area (Å²) in [6.45, 7) is 2.56. The van der Waals surface area contributed by atoms with Gasteiger partial charge in [0.15, 0.2) is 5.76 Å². The number of likely N-dealkylation sites (tertiary alicyclic amines) is 1. The van der Waals surface area contributed by atoms with E-state index in [0.717, 1.165) is 17.5 Å². The van der Waals surface area contributed by atoms with E-state index in [-0.39, 0.29) is 31.8 Å². The van der Waals surface area contributed by atoms with Crippen molar-refractivity contribution in [1.29, 1.82) is 0 Å². The third-order valence-electron chi connectivity index (χ3n) is 6.76. The van der Waals surface area contributed by atoms with E-state index in [2.05, 4.69) is 6.92 Å². The van der Waals surface area contributed by atoms with E-state index < -0.39 is 17.4 Å². The molecule has 2 heterocycles. The lowest BCUT2D eigenvalue weighted by molar-refractivity contribution is -0.150. The zero-order valence-electron chi connectivity index (χ0n) is 21.0. The molecule has 1 aromatic heterocycles. The highest BCUT2D eigenvalue weighted by Crippen LogP contribution is 2.42. The summed E-state index contributed by atoms with van der Waals surface area (Å²) >= 11 is 0. The number of hydrogen-bond donors (Lipinski definition) is 1. The van der Waals surface area contributed by atoms with E-state index >= 15 is 0 Å². The monoisotopic (exact) mass is 493 g/mol. The maximum atomic E-state index is 13.2. The maximum Gasteiger partial charge on any atom is 0.343 e. The van der Waals surface area contributed by atoms with E-state index in [1.807, 2.05) is 48.5 Å². The number of aromatic nitrogens is 1. The van der Waals surface area contributed by atoms with Gasteiger partial charge in [-0.2, -0.15) is 0 Å². The average Bonchev–Trinajstić information content (AvgIpc) is 3.38. The highest BCUT2D eigenvalue weighted by Gasteiger charge is 2.49. The number of esters is 1. The Morgan fingerprint density at radius 1 is 1.06 bits per heavy atom. The standard InChI is InChI=1S/C27H31N3O6/c1-5-18-6-8-20(9-7-18)23-22(19-10-12-21(34-3)13-11-19)28-24(36-23)27(25(31)35-4)14-16-30(17-15-27)26(32)29(2)33/h6-13,33H,5,14-17H2,1-4H3. The van der Waals surface area contributed by atoms with Crippen LogP contribution in [0.3, 0.4) is 0 Å². The normalized spacial score (nSPS) is 14.9. The summed E-state index contributed by atoms with van der Waals surface area (Å²) in [7, 11) is 4.21. The van der Waals surface area contributed by atoms with Gasteiger partial charge in [0.2, 0.25) is 5.89 Å². The molecule has 1 aliphatic heterocycles. The second kappa shape index (κ2) is 10.4. The summed E-state index contributed by atoms with van der Waals surface area (Å²) in [4.78, 5) is 31.8. The quantitative estimate of drug-likeness (QED) is 0.306. The summed E-state index contributed by atoms with van der Waals surface area (Å²) in [5.74, 6) is 1.05. The molecule has 1 saturated heterocycles. The minimum absolute atomic E-state index is 0.236. The first kappa shape index (κ1) is 25.2. The van der Waals surface area contributed by atoms with Crippen LogP contribution in [0, 0.1) is 0 Å². The summed E-state index contributed by atoms with van der Waals surface area (Å²) in [5, 5.41) is 10.1. The summed E-state index contributed by atoms with van der Waals surface area (Å²) in [6.07, 6.45) is 1.41. The molecule has 2 amide bonds. The Morgan fingerprint density at radius 2 is 1.67 bits per heavy atom. The molecule has 0 saturated carbocycles. The number of benzene rings is 2. The van der Waals surface area contributed by atoms with Gasteiger partial charge < -0.3 is 18.8 Å². The molecule has 0 unspecified atom stereocenters. The van der Waals surface area contributed by atoms with E-state index in [4.69, 9.17) is 18.9 Å². The van der Waals surface area contributed by atoms with Crippen molar-refractivity contribution in [3.8, 4) is 28.3 Å². The van der Waals surface area contributed by atoms with Crippen LogP contribution in [0.2, 0.25) is 0 Å². The topological polar surface area (TPSA) is 105 Å². The van der Waals surface area contributed by atoms with Gasteiger partial charge in [-0.15, -0.1) is 0 Å². The predicted molar refractivity (Wildman–Crippen MR) is 133 cm³/mol. The van der Waals surface area contributed by atoms with Gasteiger partial charge >= 0.3 is 12.0 Å². The summed E-state index contributed by atoms with van der Waals surface area (Å²) in [6, 6.07) is 15.0. The van der Waals surface area contributed by atoms with E-state index in [1.54, 1.807) is 7.11 Å². The molecule has 3 aromatic rings. The van der Waals surface area contributed by atoms with Gasteiger partial charge in [0, 0.05) is 31.3 Å². The Kier molecular flexibility index (Phi) is 7.30. The number of carbonyl (C=O) groups excluding carboxylic acids is 2. The second-order valence-electron chi connectivity index (χ2n) is 8.84. The van der Waals surface area contributed by atoms with Gasteiger partial charge in [-0.05, 0) is 49.1 Å². The van der Waals surface area contributed by atoms with Crippen molar-refractivity contribution in [2.24, 2.45) is 0 Å². The Hall–Kier alpha value is -3.85. The van der Waals surface area contributed by atoms with Crippen molar-refractivity contribution in [2.75, 3.05) is 34.4 Å². The lowest BCUT2D eigenvalue weighted by Gasteiger charge is -2.38. The zero-order chi connectivity index (χ0) is 25.9. The molecule has 190 valence electrons. The number of oxazole rings is 1. The fourth-order valence-corrected chi connectivity index (χ4v) is 4.54. The van der Waals surface area contributed by atoms with Crippen LogP contribution in [0.15, 0.2) is 52.9 Å². The number of rotatable bonds is 6. The highest BCUT2D eigenvalue weighted by atomic mass is 16.5. The molecule has 1 N–H and O–H groups in total. The number of hydrogen-bond acceptors (Lipinski definition) is 7. The Balaban J connectivity index is 1.80. The zero-order valence-corrected chi connectivity index (χ0v) is 21.0. The first-order valence-electron chi connectivity index (χ1n) is 11.9. The summed E-state index contributed by atoms with van der Waals surface area (Å²) < 4.78 is 16.9. The van der Waals surface area contributed by atoms with Crippen molar-refractivity contribution in [1.82, 2.24) is 14.9 Å². The number of piperidine rings is 1. The number of amides is 2. The van der Waals surface area contributed by atoms with Crippen molar-refractivity contribution in [2.45, 2.75) is 31.6 Å². The number of methoxy groups -OCH3 is 2. The highest BCUT2D eigenvalue weighted by molar-refractivity contribution is 5.84. The lowest BCUT2D eigenvalue weighted by Crippen LogP contribution is -2.51. The van der Waals surface area contributed by atoms with Gasteiger partial charge in [0.1, 0.15) is 16.9 Å². The van der Waals surface area contributed by atoms with Gasteiger partial charge in [-0.25, -0.2) is 14.8 Å². The molecule has 1 aliphatic rings. The minimum atomic E-state index is -1.16. The molecule has 1 fully saturated rings. The molecular formula is C27H31N3O6. The molecular weight excluding hydrogens is 462 g/mol. The maximum absolute atomic E-state index is 13.2. The van der Waals surface area contributed by atoms with Crippen LogP contribution in [0.4, 0.5) is 4.79 Å². The molecule has 4 rings (SSSR count). The first-order valence-corrected chi connectivity index (χ1v) is 11.9. The number of carbonyl (C=O) groups is 2. The SMILES string of the molecule is CCc1ccc(-c2oc(C3(C(=O)OC)CCN(C(=O)N(C)O)CC3)nc2-c2ccc(OC)cc2)cc1. The predicted octanol–water partition coefficient (Wildman–Crippen LogP) is 4.53. The number of ether oxygens (including phenoxy) is 2. The van der Waals surface area contributed by atoms with Gasteiger partial charge in [-0.1, -0.05) is 31.2 Å². The van der Waals surface area contributed by atoms with E-state index in [1.165, 1.54) is 24.6 Å². The molecule has 0 radical (unpaired) electrons. The second-order valence-corrected chi connectivity index (χ2v) is 8.84. The molecule has 0 bridgehead atoms. The van der Waals surface area contributed by atoms with Crippen molar-refractivity contribution in [3.63, 3.8) is 0 Å². The van der Waals surface area contributed by atoms with Crippen LogP contribution < -0.4 is 4.74 Å². The third kappa shape index (κ3) is 4.66.